The molecule has 1 aliphatic heterocycles. The number of para-hydroxylation sites is 1. The lowest BCUT2D eigenvalue weighted by Crippen LogP contribution is -2.30. The lowest BCUT2D eigenvalue weighted by Gasteiger charge is -2.25. The van der Waals surface area contributed by atoms with Gasteiger partial charge in [0.2, 0.25) is 5.91 Å². The Morgan fingerprint density at radius 3 is 2.84 bits per heavy atom. The summed E-state index contributed by atoms with van der Waals surface area (Å²) in [6.07, 6.45) is 2.12. The van der Waals surface area contributed by atoms with Gasteiger partial charge in [-0.1, -0.05) is 18.2 Å². The molecule has 1 amide bonds. The van der Waals surface area contributed by atoms with Gasteiger partial charge in [0.05, 0.1) is 23.8 Å². The summed E-state index contributed by atoms with van der Waals surface area (Å²) >= 11 is 1.38. The van der Waals surface area contributed by atoms with Gasteiger partial charge in [-0.2, -0.15) is 5.26 Å². The number of nitrogens with zero attached hydrogens (tertiary/aromatic N) is 1. The average Bonchev–Trinajstić information content (AvgIpc) is 2.46. The van der Waals surface area contributed by atoms with Gasteiger partial charge < -0.3 is 10.1 Å². The summed E-state index contributed by atoms with van der Waals surface area (Å²) in [6, 6.07) is 9.72. The molecule has 0 aromatic heterocycles. The fraction of sp³-hybridized carbons (Fsp3) is 0.286. The molecule has 0 radical (unpaired) electrons. The third-order valence-electron chi connectivity index (χ3n) is 3.07. The normalized spacial score (nSPS) is 18.8. The first-order valence-electron chi connectivity index (χ1n) is 5.82. The van der Waals surface area contributed by atoms with Crippen LogP contribution in [0, 0.1) is 11.3 Å². The average molecular weight is 274 g/mol. The Labute approximate surface area is 116 Å². The summed E-state index contributed by atoms with van der Waals surface area (Å²) in [5.41, 5.74) is 1.47. The minimum atomic E-state index is -0.239. The first kappa shape index (κ1) is 13.5. The number of allylic oxidation sites excluding steroid dienone is 1. The standard InChI is InChI=1S/C14H14N2O2S/c1-18-12-6-4-3-5-9(12)10-7-13(17)16-14(19-2)11(10)8-15/h3-6,10H,7H2,1-2H3,(H,16,17). The van der Waals surface area contributed by atoms with Crippen molar-refractivity contribution in [1.29, 1.82) is 5.26 Å². The summed E-state index contributed by atoms with van der Waals surface area (Å²) in [6.45, 7) is 0. The smallest absolute Gasteiger partial charge is 0.225 e. The monoisotopic (exact) mass is 274 g/mol. The Bertz CT molecular complexity index is 575. The minimum absolute atomic E-state index is 0.0701. The molecule has 2 rings (SSSR count). The molecular weight excluding hydrogens is 260 g/mol. The third-order valence-corrected chi connectivity index (χ3v) is 3.80. The van der Waals surface area contributed by atoms with Crippen LogP contribution in [0.25, 0.3) is 0 Å². The molecule has 1 N–H and O–H groups in total. The molecule has 1 aromatic rings. The van der Waals surface area contributed by atoms with E-state index in [9.17, 15) is 10.1 Å². The van der Waals surface area contributed by atoms with Gasteiger partial charge in [0.15, 0.2) is 0 Å². The molecule has 0 fully saturated rings. The molecule has 19 heavy (non-hydrogen) atoms. The predicted molar refractivity (Wildman–Crippen MR) is 74.6 cm³/mol. The van der Waals surface area contributed by atoms with E-state index in [1.54, 1.807) is 7.11 Å². The summed E-state index contributed by atoms with van der Waals surface area (Å²) in [4.78, 5) is 11.8. The zero-order chi connectivity index (χ0) is 13.8. The molecule has 98 valence electrons. The Morgan fingerprint density at radius 1 is 1.47 bits per heavy atom. The maximum absolute atomic E-state index is 11.8. The quantitative estimate of drug-likeness (QED) is 0.919. The molecule has 4 nitrogen and oxygen atoms in total. The first-order chi connectivity index (χ1) is 9.21. The van der Waals surface area contributed by atoms with Gasteiger partial charge in [0.1, 0.15) is 5.75 Å². The van der Waals surface area contributed by atoms with E-state index in [2.05, 4.69) is 11.4 Å². The molecule has 0 saturated carbocycles. The zero-order valence-electron chi connectivity index (χ0n) is 10.8. The number of amides is 1. The fourth-order valence-corrected chi connectivity index (χ4v) is 2.82. The van der Waals surface area contributed by atoms with Crippen LogP contribution >= 0.6 is 11.8 Å². The number of methoxy groups -OCH3 is 1. The third kappa shape index (κ3) is 2.59. The van der Waals surface area contributed by atoms with Crippen LogP contribution in [0.1, 0.15) is 17.9 Å². The summed E-state index contributed by atoms with van der Waals surface area (Å²) in [7, 11) is 1.59. The number of nitriles is 1. The SMILES string of the molecule is COc1ccccc1C1CC(=O)NC(SC)=C1C#N. The number of rotatable bonds is 3. The number of carbonyl (C=O) groups is 1. The number of ether oxygens (including phenoxy) is 1. The van der Waals surface area contributed by atoms with E-state index in [-0.39, 0.29) is 18.2 Å². The predicted octanol–water partition coefficient (Wildman–Crippen LogP) is 2.40. The number of thioether (sulfide) groups is 1. The van der Waals surface area contributed by atoms with Crippen molar-refractivity contribution in [3.05, 3.63) is 40.4 Å². The number of nitrogens with one attached hydrogen (secondary N) is 1. The van der Waals surface area contributed by atoms with Gasteiger partial charge in [-0.05, 0) is 12.3 Å². The molecule has 1 aromatic carbocycles. The van der Waals surface area contributed by atoms with Crippen molar-refractivity contribution in [2.24, 2.45) is 0 Å². The van der Waals surface area contributed by atoms with Crippen molar-refractivity contribution in [1.82, 2.24) is 5.32 Å². The molecule has 1 aliphatic rings. The van der Waals surface area contributed by atoms with Crippen molar-refractivity contribution in [3.8, 4) is 11.8 Å². The second kappa shape index (κ2) is 5.81. The van der Waals surface area contributed by atoms with Crippen LogP contribution in [-0.2, 0) is 4.79 Å². The summed E-state index contributed by atoms with van der Waals surface area (Å²) in [5.74, 6) is 0.395. The van der Waals surface area contributed by atoms with Crippen molar-refractivity contribution in [3.63, 3.8) is 0 Å². The number of hydrogen-bond acceptors (Lipinski definition) is 4. The van der Waals surface area contributed by atoms with E-state index < -0.39 is 0 Å². The minimum Gasteiger partial charge on any atom is -0.496 e. The lowest BCUT2D eigenvalue weighted by atomic mass is 9.86. The van der Waals surface area contributed by atoms with Gasteiger partial charge in [-0.15, -0.1) is 11.8 Å². The van der Waals surface area contributed by atoms with Gasteiger partial charge >= 0.3 is 0 Å². The Morgan fingerprint density at radius 2 is 2.21 bits per heavy atom. The van der Waals surface area contributed by atoms with Crippen molar-refractivity contribution >= 4 is 17.7 Å². The number of hydrogen-bond donors (Lipinski definition) is 1. The van der Waals surface area contributed by atoms with Crippen molar-refractivity contribution in [2.75, 3.05) is 13.4 Å². The highest BCUT2D eigenvalue weighted by Crippen LogP contribution is 2.38. The highest BCUT2D eigenvalue weighted by Gasteiger charge is 2.30. The molecule has 1 atom stereocenters. The molecule has 1 unspecified atom stereocenters. The van der Waals surface area contributed by atoms with Crippen molar-refractivity contribution < 1.29 is 9.53 Å². The van der Waals surface area contributed by atoms with Crippen LogP contribution < -0.4 is 10.1 Å². The van der Waals surface area contributed by atoms with Crippen LogP contribution in [0.2, 0.25) is 0 Å². The molecule has 1 heterocycles. The van der Waals surface area contributed by atoms with E-state index in [4.69, 9.17) is 4.74 Å². The molecule has 0 saturated heterocycles. The van der Waals surface area contributed by atoms with Crippen LogP contribution in [0.15, 0.2) is 34.9 Å². The second-order valence-electron chi connectivity index (χ2n) is 4.11. The maximum atomic E-state index is 11.8. The molecule has 5 heteroatoms. The summed E-state index contributed by atoms with van der Waals surface area (Å²) in [5, 5.41) is 12.7. The molecule has 0 bridgehead atoms. The molecule has 0 aliphatic carbocycles. The number of carbonyl (C=O) groups excluding carboxylic acids is 1. The highest BCUT2D eigenvalue weighted by atomic mass is 32.2. The van der Waals surface area contributed by atoms with Crippen LogP contribution in [0.4, 0.5) is 0 Å². The van der Waals surface area contributed by atoms with E-state index in [0.29, 0.717) is 16.4 Å². The van der Waals surface area contributed by atoms with Gasteiger partial charge in [-0.25, -0.2) is 0 Å². The Balaban J connectivity index is 2.53. The molecule has 0 spiro atoms. The largest absolute Gasteiger partial charge is 0.496 e. The number of benzene rings is 1. The fourth-order valence-electron chi connectivity index (χ4n) is 2.20. The van der Waals surface area contributed by atoms with Crippen LogP contribution in [0.3, 0.4) is 0 Å². The first-order valence-corrected chi connectivity index (χ1v) is 7.04. The van der Waals surface area contributed by atoms with E-state index in [1.165, 1.54) is 11.8 Å². The van der Waals surface area contributed by atoms with Crippen LogP contribution in [-0.4, -0.2) is 19.3 Å². The van der Waals surface area contributed by atoms with Crippen molar-refractivity contribution in [2.45, 2.75) is 12.3 Å². The zero-order valence-corrected chi connectivity index (χ0v) is 11.6. The maximum Gasteiger partial charge on any atom is 0.225 e. The second-order valence-corrected chi connectivity index (χ2v) is 4.92. The van der Waals surface area contributed by atoms with E-state index in [0.717, 1.165) is 5.56 Å². The lowest BCUT2D eigenvalue weighted by molar-refractivity contribution is -0.120. The molecular formula is C14H14N2O2S. The Kier molecular flexibility index (Phi) is 4.13. The Hall–Kier alpha value is -1.93. The summed E-state index contributed by atoms with van der Waals surface area (Å²) < 4.78 is 5.32. The van der Waals surface area contributed by atoms with Gasteiger partial charge in [0, 0.05) is 17.9 Å². The van der Waals surface area contributed by atoms with Crippen LogP contribution in [0.5, 0.6) is 5.75 Å². The van der Waals surface area contributed by atoms with Gasteiger partial charge in [0.25, 0.3) is 0 Å². The van der Waals surface area contributed by atoms with E-state index in [1.807, 2.05) is 30.5 Å². The van der Waals surface area contributed by atoms with E-state index >= 15 is 0 Å². The highest BCUT2D eigenvalue weighted by molar-refractivity contribution is 8.02. The van der Waals surface area contributed by atoms with Gasteiger partial charge in [-0.3, -0.25) is 4.79 Å². The topological polar surface area (TPSA) is 62.1 Å².